The van der Waals surface area contributed by atoms with E-state index in [0.717, 1.165) is 48.7 Å². The van der Waals surface area contributed by atoms with Gasteiger partial charge in [0.25, 0.3) is 5.91 Å². The van der Waals surface area contributed by atoms with Crippen molar-refractivity contribution in [3.8, 4) is 0 Å². The normalized spacial score (nSPS) is 16.0. The summed E-state index contributed by atoms with van der Waals surface area (Å²) in [6.45, 7) is 6.56. The molecule has 0 saturated carbocycles. The van der Waals surface area contributed by atoms with Gasteiger partial charge in [0, 0.05) is 53.8 Å². The number of nitrogens with zero attached hydrogens (tertiary/aromatic N) is 2. The molecule has 1 aliphatic heterocycles. The monoisotopic (exact) mass is 483 g/mol. The van der Waals surface area contributed by atoms with E-state index < -0.39 is 0 Å². The maximum absolute atomic E-state index is 13.0. The second kappa shape index (κ2) is 11.3. The number of anilines is 1. The Morgan fingerprint density at radius 2 is 1.85 bits per heavy atom. The Hall–Kier alpha value is -2.22. The Morgan fingerprint density at radius 3 is 2.52 bits per heavy atom. The first-order chi connectivity index (χ1) is 16.1. The topological polar surface area (TPSA) is 55.8 Å². The van der Waals surface area contributed by atoms with Gasteiger partial charge in [0.05, 0.1) is 12.6 Å². The summed E-state index contributed by atoms with van der Waals surface area (Å²) >= 11 is 8.04. The average Bonchev–Trinajstić information content (AvgIpc) is 3.23. The third-order valence-corrected chi connectivity index (χ3v) is 7.52. The fraction of sp³-hybridized carbons (Fsp3) is 0.346. The first kappa shape index (κ1) is 23.9. The Labute approximate surface area is 204 Å². The van der Waals surface area contributed by atoms with Crippen molar-refractivity contribution in [3.63, 3.8) is 0 Å². The molecule has 3 aromatic rings. The minimum Gasteiger partial charge on any atom is -0.395 e. The van der Waals surface area contributed by atoms with Crippen LogP contribution in [0.3, 0.4) is 0 Å². The zero-order valence-corrected chi connectivity index (χ0v) is 20.4. The molecule has 5 nitrogen and oxygen atoms in total. The lowest BCUT2D eigenvalue weighted by molar-refractivity contribution is 0.0946. The lowest BCUT2D eigenvalue weighted by Gasteiger charge is -2.39. The van der Waals surface area contributed by atoms with Crippen molar-refractivity contribution in [2.45, 2.75) is 19.4 Å². The van der Waals surface area contributed by atoms with Crippen LogP contribution in [0.25, 0.3) is 0 Å². The molecule has 2 aromatic carbocycles. The van der Waals surface area contributed by atoms with Crippen molar-refractivity contribution in [3.05, 3.63) is 87.3 Å². The summed E-state index contributed by atoms with van der Waals surface area (Å²) in [4.78, 5) is 19.0. The van der Waals surface area contributed by atoms with Gasteiger partial charge in [-0.2, -0.15) is 0 Å². The standard InChI is InChI=1S/C26H30ClN3O2S/c1-2-22-18-23(26(33-22)28-25(32)19-7-4-3-5-8-19)24(20-9-6-10-21(27)17-20)30-13-11-29(12-14-30)15-16-31/h3-10,17-18,24,31H,2,11-16H2,1H3,(H,28,32). The van der Waals surface area contributed by atoms with Gasteiger partial charge in [-0.15, -0.1) is 11.3 Å². The maximum Gasteiger partial charge on any atom is 0.256 e. The third kappa shape index (κ3) is 5.83. The van der Waals surface area contributed by atoms with Gasteiger partial charge >= 0.3 is 0 Å². The van der Waals surface area contributed by atoms with Gasteiger partial charge in [-0.3, -0.25) is 14.6 Å². The predicted molar refractivity (Wildman–Crippen MR) is 136 cm³/mol. The largest absolute Gasteiger partial charge is 0.395 e. The molecule has 174 valence electrons. The van der Waals surface area contributed by atoms with Gasteiger partial charge in [-0.1, -0.05) is 48.9 Å². The SMILES string of the molecule is CCc1cc(C(c2cccc(Cl)c2)N2CCN(CCO)CC2)c(NC(=O)c2ccccc2)s1. The molecule has 1 amide bonds. The van der Waals surface area contributed by atoms with Crippen molar-refractivity contribution in [2.24, 2.45) is 0 Å². The van der Waals surface area contributed by atoms with Crippen LogP contribution in [0.15, 0.2) is 60.7 Å². The van der Waals surface area contributed by atoms with Gasteiger partial charge < -0.3 is 10.4 Å². The highest BCUT2D eigenvalue weighted by Gasteiger charge is 2.30. The Bertz CT molecular complexity index is 1060. The van der Waals surface area contributed by atoms with Crippen LogP contribution in [-0.2, 0) is 6.42 Å². The summed E-state index contributed by atoms with van der Waals surface area (Å²) in [5, 5.41) is 14.1. The quantitative estimate of drug-likeness (QED) is 0.477. The smallest absolute Gasteiger partial charge is 0.256 e. The summed E-state index contributed by atoms with van der Waals surface area (Å²) in [7, 11) is 0. The van der Waals surface area contributed by atoms with Crippen LogP contribution in [0.1, 0.15) is 39.3 Å². The average molecular weight is 484 g/mol. The Morgan fingerprint density at radius 1 is 1.09 bits per heavy atom. The van der Waals surface area contributed by atoms with Crippen molar-refractivity contribution in [1.82, 2.24) is 9.80 Å². The number of benzene rings is 2. The molecule has 2 heterocycles. The van der Waals surface area contributed by atoms with E-state index in [1.165, 1.54) is 4.88 Å². The molecule has 0 aliphatic carbocycles. The zero-order valence-electron chi connectivity index (χ0n) is 18.8. The molecule has 1 aliphatic rings. The second-order valence-corrected chi connectivity index (χ2v) is 9.80. The highest BCUT2D eigenvalue weighted by atomic mass is 35.5. The molecular weight excluding hydrogens is 454 g/mol. The van der Waals surface area contributed by atoms with Gasteiger partial charge in [-0.25, -0.2) is 0 Å². The lowest BCUT2D eigenvalue weighted by Crippen LogP contribution is -2.48. The summed E-state index contributed by atoms with van der Waals surface area (Å²) in [6.07, 6.45) is 0.908. The van der Waals surface area contributed by atoms with E-state index in [-0.39, 0.29) is 18.6 Å². The highest BCUT2D eigenvalue weighted by Crippen LogP contribution is 2.40. The van der Waals surface area contributed by atoms with E-state index in [9.17, 15) is 9.90 Å². The number of carbonyl (C=O) groups excluding carboxylic acids is 1. The molecule has 7 heteroatoms. The number of halogens is 1. The number of hydrogen-bond acceptors (Lipinski definition) is 5. The van der Waals surface area contributed by atoms with E-state index in [1.807, 2.05) is 48.5 Å². The molecule has 4 rings (SSSR count). The van der Waals surface area contributed by atoms with E-state index in [0.29, 0.717) is 17.1 Å². The van der Waals surface area contributed by atoms with E-state index in [1.54, 1.807) is 11.3 Å². The maximum atomic E-state index is 13.0. The third-order valence-electron chi connectivity index (χ3n) is 6.07. The summed E-state index contributed by atoms with van der Waals surface area (Å²) in [5.74, 6) is -0.0982. The molecule has 0 radical (unpaired) electrons. The number of amides is 1. The first-order valence-corrected chi connectivity index (χ1v) is 12.6. The van der Waals surface area contributed by atoms with Crippen LogP contribution in [0.2, 0.25) is 5.02 Å². The minimum absolute atomic E-state index is 0.0115. The second-order valence-electron chi connectivity index (χ2n) is 8.23. The molecule has 2 N–H and O–H groups in total. The lowest BCUT2D eigenvalue weighted by atomic mass is 9.97. The summed E-state index contributed by atoms with van der Waals surface area (Å²) in [5.41, 5.74) is 2.87. The van der Waals surface area contributed by atoms with E-state index >= 15 is 0 Å². The molecule has 1 fully saturated rings. The number of β-amino-alcohol motifs (C(OH)–C–C–N with tert-alkyl or cyclic N) is 1. The zero-order chi connectivity index (χ0) is 23.2. The van der Waals surface area contributed by atoms with Crippen molar-refractivity contribution >= 4 is 33.8 Å². The molecule has 33 heavy (non-hydrogen) atoms. The summed E-state index contributed by atoms with van der Waals surface area (Å²) in [6, 6.07) is 19.6. The molecular formula is C26H30ClN3O2S. The summed E-state index contributed by atoms with van der Waals surface area (Å²) < 4.78 is 0. The molecule has 0 bridgehead atoms. The van der Waals surface area contributed by atoms with Crippen molar-refractivity contribution < 1.29 is 9.90 Å². The number of aliphatic hydroxyl groups excluding tert-OH is 1. The van der Waals surface area contributed by atoms with Crippen LogP contribution in [0.4, 0.5) is 5.00 Å². The van der Waals surface area contributed by atoms with Crippen LogP contribution in [0.5, 0.6) is 0 Å². The highest BCUT2D eigenvalue weighted by molar-refractivity contribution is 7.16. The fourth-order valence-electron chi connectivity index (χ4n) is 4.35. The van der Waals surface area contributed by atoms with Crippen LogP contribution in [-0.4, -0.2) is 60.1 Å². The van der Waals surface area contributed by atoms with Gasteiger partial charge in [0.1, 0.15) is 5.00 Å². The van der Waals surface area contributed by atoms with Gasteiger partial charge in [0.2, 0.25) is 0 Å². The van der Waals surface area contributed by atoms with Gasteiger partial charge in [-0.05, 0) is 42.3 Å². The number of thiophene rings is 1. The Kier molecular flexibility index (Phi) is 8.17. The number of piperazine rings is 1. The van der Waals surface area contributed by atoms with Crippen LogP contribution < -0.4 is 5.32 Å². The van der Waals surface area contributed by atoms with Crippen molar-refractivity contribution in [1.29, 1.82) is 0 Å². The Balaban J connectivity index is 1.69. The molecule has 1 unspecified atom stereocenters. The number of hydrogen-bond donors (Lipinski definition) is 2. The predicted octanol–water partition coefficient (Wildman–Crippen LogP) is 4.92. The van der Waals surface area contributed by atoms with Gasteiger partial charge in [0.15, 0.2) is 0 Å². The molecule has 1 atom stereocenters. The van der Waals surface area contributed by atoms with Crippen molar-refractivity contribution in [2.75, 3.05) is 44.6 Å². The fourth-order valence-corrected chi connectivity index (χ4v) is 5.57. The number of rotatable bonds is 8. The van der Waals surface area contributed by atoms with E-state index in [4.69, 9.17) is 11.6 Å². The first-order valence-electron chi connectivity index (χ1n) is 11.4. The molecule has 1 aromatic heterocycles. The minimum atomic E-state index is -0.0982. The van der Waals surface area contributed by atoms with E-state index in [2.05, 4.69) is 34.2 Å². The number of aliphatic hydroxyl groups is 1. The number of carbonyl (C=O) groups is 1. The number of nitrogens with one attached hydrogen (secondary N) is 1. The molecule has 0 spiro atoms. The van der Waals surface area contributed by atoms with Crippen LogP contribution >= 0.6 is 22.9 Å². The van der Waals surface area contributed by atoms with Crippen LogP contribution in [0, 0.1) is 0 Å². The molecule has 1 saturated heterocycles. The number of aryl methyl sites for hydroxylation is 1.